The summed E-state index contributed by atoms with van der Waals surface area (Å²) in [5.41, 5.74) is 0.688. The van der Waals surface area contributed by atoms with E-state index in [1.165, 1.54) is 19.2 Å². The van der Waals surface area contributed by atoms with Gasteiger partial charge >= 0.3 is 5.97 Å². The highest BCUT2D eigenvalue weighted by atomic mass is 32.2. The van der Waals surface area contributed by atoms with Crippen LogP contribution in [0.1, 0.15) is 5.56 Å². The lowest BCUT2D eigenvalue weighted by Crippen LogP contribution is -2.43. The van der Waals surface area contributed by atoms with Crippen LogP contribution in [0.5, 0.6) is 11.5 Å². The Kier molecular flexibility index (Phi) is 6.31. The first-order valence-electron chi connectivity index (χ1n) is 8.95. The minimum absolute atomic E-state index is 0.0313. The standard InChI is InChI=1S/C22H21NO5S/c1-23(29(26,27)20-10-6-3-7-11-20)21(22(24)25)16-17-12-14-19(15-13-17)28-18-8-4-2-5-9-18/h2-15,21H,16H2,1H3,(H,24,25)/t21-/m0/s1. The summed E-state index contributed by atoms with van der Waals surface area (Å²) in [6.45, 7) is 0. The Bertz CT molecular complexity index is 1050. The molecule has 0 amide bonds. The smallest absolute Gasteiger partial charge is 0.322 e. The van der Waals surface area contributed by atoms with E-state index in [1.54, 1.807) is 42.5 Å². The van der Waals surface area contributed by atoms with Gasteiger partial charge in [0.05, 0.1) is 4.90 Å². The zero-order chi connectivity index (χ0) is 20.9. The number of likely N-dealkylation sites (N-methyl/N-ethyl adjacent to an activating group) is 1. The summed E-state index contributed by atoms with van der Waals surface area (Å²) in [4.78, 5) is 11.9. The van der Waals surface area contributed by atoms with Crippen molar-refractivity contribution in [2.24, 2.45) is 0 Å². The van der Waals surface area contributed by atoms with Gasteiger partial charge in [-0.3, -0.25) is 4.79 Å². The lowest BCUT2D eigenvalue weighted by Gasteiger charge is -2.24. The second-order valence-corrected chi connectivity index (χ2v) is 8.45. The largest absolute Gasteiger partial charge is 0.480 e. The molecule has 29 heavy (non-hydrogen) atoms. The molecule has 0 aliphatic heterocycles. The van der Waals surface area contributed by atoms with Gasteiger partial charge in [0.25, 0.3) is 0 Å². The van der Waals surface area contributed by atoms with Gasteiger partial charge < -0.3 is 9.84 Å². The molecule has 0 unspecified atom stereocenters. The molecule has 3 aromatic carbocycles. The van der Waals surface area contributed by atoms with Crippen molar-refractivity contribution in [2.45, 2.75) is 17.4 Å². The molecule has 0 saturated carbocycles. The molecular weight excluding hydrogens is 390 g/mol. The Morgan fingerprint density at radius 1 is 0.897 bits per heavy atom. The third-order valence-corrected chi connectivity index (χ3v) is 6.36. The molecule has 0 bridgehead atoms. The van der Waals surface area contributed by atoms with Crippen molar-refractivity contribution < 1.29 is 23.1 Å². The van der Waals surface area contributed by atoms with E-state index in [0.29, 0.717) is 17.1 Å². The third kappa shape index (κ3) is 5.01. The first-order chi connectivity index (χ1) is 13.9. The number of hydrogen-bond donors (Lipinski definition) is 1. The molecule has 0 spiro atoms. The van der Waals surface area contributed by atoms with E-state index < -0.39 is 22.0 Å². The van der Waals surface area contributed by atoms with Gasteiger partial charge in [-0.25, -0.2) is 8.42 Å². The summed E-state index contributed by atoms with van der Waals surface area (Å²) in [6.07, 6.45) is 0.0313. The highest BCUT2D eigenvalue weighted by molar-refractivity contribution is 7.89. The molecule has 0 fully saturated rings. The Labute approximate surface area is 170 Å². The maximum absolute atomic E-state index is 12.8. The molecule has 0 radical (unpaired) electrons. The summed E-state index contributed by atoms with van der Waals surface area (Å²) >= 11 is 0. The van der Waals surface area contributed by atoms with Crippen molar-refractivity contribution in [2.75, 3.05) is 7.05 Å². The topological polar surface area (TPSA) is 83.9 Å². The van der Waals surface area contributed by atoms with E-state index >= 15 is 0 Å². The van der Waals surface area contributed by atoms with Crippen LogP contribution in [-0.2, 0) is 21.2 Å². The predicted octanol–water partition coefficient (Wildman–Crippen LogP) is 3.80. The Balaban J connectivity index is 1.76. The van der Waals surface area contributed by atoms with Crippen LogP contribution >= 0.6 is 0 Å². The molecule has 0 aromatic heterocycles. The molecular formula is C22H21NO5S. The summed E-state index contributed by atoms with van der Waals surface area (Å²) in [7, 11) is -2.64. The fourth-order valence-electron chi connectivity index (χ4n) is 2.84. The van der Waals surface area contributed by atoms with E-state index in [-0.39, 0.29) is 11.3 Å². The maximum Gasteiger partial charge on any atom is 0.322 e. The average molecular weight is 411 g/mol. The molecule has 7 heteroatoms. The number of carboxylic acid groups (broad SMARTS) is 1. The van der Waals surface area contributed by atoms with Gasteiger partial charge in [-0.1, -0.05) is 48.5 Å². The van der Waals surface area contributed by atoms with Crippen molar-refractivity contribution in [1.82, 2.24) is 4.31 Å². The van der Waals surface area contributed by atoms with Crippen LogP contribution in [0, 0.1) is 0 Å². The SMILES string of the molecule is CN([C@@H](Cc1ccc(Oc2ccccc2)cc1)C(=O)O)S(=O)(=O)c1ccccc1. The average Bonchev–Trinajstić information content (AvgIpc) is 2.74. The monoisotopic (exact) mass is 411 g/mol. The van der Waals surface area contributed by atoms with Crippen molar-refractivity contribution in [3.8, 4) is 11.5 Å². The van der Waals surface area contributed by atoms with Crippen molar-refractivity contribution in [3.05, 3.63) is 90.5 Å². The maximum atomic E-state index is 12.8. The Hall–Kier alpha value is -3.16. The van der Waals surface area contributed by atoms with E-state index in [1.807, 2.05) is 30.3 Å². The molecule has 6 nitrogen and oxygen atoms in total. The highest BCUT2D eigenvalue weighted by Crippen LogP contribution is 2.23. The molecule has 3 rings (SSSR count). The zero-order valence-electron chi connectivity index (χ0n) is 15.8. The van der Waals surface area contributed by atoms with E-state index in [9.17, 15) is 18.3 Å². The molecule has 1 N–H and O–H groups in total. The van der Waals surface area contributed by atoms with Crippen molar-refractivity contribution in [1.29, 1.82) is 0 Å². The quantitative estimate of drug-likeness (QED) is 0.610. The number of aliphatic carboxylic acids is 1. The number of hydrogen-bond acceptors (Lipinski definition) is 4. The number of rotatable bonds is 8. The van der Waals surface area contributed by atoms with Crippen LogP contribution in [0.25, 0.3) is 0 Å². The van der Waals surface area contributed by atoms with Gasteiger partial charge in [0.2, 0.25) is 10.0 Å². The number of benzene rings is 3. The Morgan fingerprint density at radius 2 is 1.41 bits per heavy atom. The van der Waals surface area contributed by atoms with Crippen LogP contribution in [-0.4, -0.2) is 36.9 Å². The van der Waals surface area contributed by atoms with Gasteiger partial charge in [-0.05, 0) is 48.4 Å². The van der Waals surface area contributed by atoms with Crippen LogP contribution in [0.2, 0.25) is 0 Å². The zero-order valence-corrected chi connectivity index (χ0v) is 16.6. The van der Waals surface area contributed by atoms with Crippen LogP contribution < -0.4 is 4.74 Å². The Morgan fingerprint density at radius 3 is 1.97 bits per heavy atom. The molecule has 0 aliphatic rings. The molecule has 3 aromatic rings. The number of nitrogens with zero attached hydrogens (tertiary/aromatic N) is 1. The van der Waals surface area contributed by atoms with Gasteiger partial charge in [0.1, 0.15) is 17.5 Å². The van der Waals surface area contributed by atoms with Crippen molar-refractivity contribution in [3.63, 3.8) is 0 Å². The number of para-hydroxylation sites is 1. The summed E-state index contributed by atoms with van der Waals surface area (Å²) < 4.78 is 32.2. The molecule has 0 aliphatic carbocycles. The lowest BCUT2D eigenvalue weighted by atomic mass is 10.1. The lowest BCUT2D eigenvalue weighted by molar-refractivity contribution is -0.141. The molecule has 1 atom stereocenters. The van der Waals surface area contributed by atoms with Gasteiger partial charge in [0, 0.05) is 7.05 Å². The summed E-state index contributed by atoms with van der Waals surface area (Å²) in [6, 6.07) is 22.8. The minimum Gasteiger partial charge on any atom is -0.480 e. The van der Waals surface area contributed by atoms with Gasteiger partial charge in [-0.15, -0.1) is 0 Å². The van der Waals surface area contributed by atoms with E-state index in [2.05, 4.69) is 0 Å². The number of carboxylic acids is 1. The number of carbonyl (C=O) groups is 1. The predicted molar refractivity (Wildman–Crippen MR) is 109 cm³/mol. The van der Waals surface area contributed by atoms with Crippen LogP contribution in [0.3, 0.4) is 0 Å². The molecule has 0 saturated heterocycles. The van der Waals surface area contributed by atoms with Gasteiger partial charge in [-0.2, -0.15) is 4.31 Å². The minimum atomic E-state index is -3.92. The summed E-state index contributed by atoms with van der Waals surface area (Å²) in [5, 5.41) is 9.63. The first-order valence-corrected chi connectivity index (χ1v) is 10.4. The molecule has 150 valence electrons. The van der Waals surface area contributed by atoms with Gasteiger partial charge in [0.15, 0.2) is 0 Å². The van der Waals surface area contributed by atoms with Crippen molar-refractivity contribution >= 4 is 16.0 Å². The normalized spacial score (nSPS) is 12.5. The second-order valence-electron chi connectivity index (χ2n) is 6.45. The third-order valence-electron chi connectivity index (χ3n) is 4.48. The number of ether oxygens (including phenoxy) is 1. The van der Waals surface area contributed by atoms with Crippen LogP contribution in [0.15, 0.2) is 89.8 Å². The highest BCUT2D eigenvalue weighted by Gasteiger charge is 2.32. The van der Waals surface area contributed by atoms with E-state index in [4.69, 9.17) is 4.74 Å². The fourth-order valence-corrected chi connectivity index (χ4v) is 4.17. The number of sulfonamides is 1. The summed E-state index contributed by atoms with van der Waals surface area (Å²) in [5.74, 6) is 0.0889. The van der Waals surface area contributed by atoms with Crippen LogP contribution in [0.4, 0.5) is 0 Å². The first kappa shape index (κ1) is 20.6. The second kappa shape index (κ2) is 8.89. The van der Waals surface area contributed by atoms with E-state index in [0.717, 1.165) is 4.31 Å². The fraction of sp³-hybridized carbons (Fsp3) is 0.136. The molecule has 0 heterocycles.